The molecule has 18 heavy (non-hydrogen) atoms. The Balaban J connectivity index is 2.18. The van der Waals surface area contributed by atoms with Crippen molar-refractivity contribution in [2.24, 2.45) is 5.92 Å². The van der Waals surface area contributed by atoms with Crippen LogP contribution < -0.4 is 5.32 Å². The van der Waals surface area contributed by atoms with Crippen LogP contribution in [0, 0.1) is 5.92 Å². The van der Waals surface area contributed by atoms with Gasteiger partial charge in [-0.05, 0) is 18.4 Å². The Morgan fingerprint density at radius 2 is 1.83 bits per heavy atom. The topological polar surface area (TPSA) is 41.5 Å². The van der Waals surface area contributed by atoms with Gasteiger partial charge in [0.25, 0.3) is 0 Å². The van der Waals surface area contributed by atoms with E-state index in [-0.39, 0.29) is 6.10 Å². The van der Waals surface area contributed by atoms with E-state index in [0.717, 1.165) is 6.54 Å². The second kappa shape index (κ2) is 8.25. The summed E-state index contributed by atoms with van der Waals surface area (Å²) in [5, 5.41) is 13.2. The summed E-state index contributed by atoms with van der Waals surface area (Å²) in [6, 6.07) is 10.2. The molecule has 0 saturated heterocycles. The van der Waals surface area contributed by atoms with Gasteiger partial charge >= 0.3 is 0 Å². The Labute approximate surface area is 110 Å². The highest BCUT2D eigenvalue weighted by Gasteiger charge is 2.14. The summed E-state index contributed by atoms with van der Waals surface area (Å²) < 4.78 is 5.58. The van der Waals surface area contributed by atoms with Crippen molar-refractivity contribution in [2.45, 2.75) is 39.5 Å². The lowest BCUT2D eigenvalue weighted by atomic mass is 10.2. The van der Waals surface area contributed by atoms with E-state index in [9.17, 15) is 5.11 Å². The van der Waals surface area contributed by atoms with Crippen LogP contribution in [0.15, 0.2) is 30.3 Å². The molecule has 0 bridgehead atoms. The van der Waals surface area contributed by atoms with Crippen molar-refractivity contribution in [3.8, 4) is 0 Å². The van der Waals surface area contributed by atoms with Crippen LogP contribution in [0.5, 0.6) is 0 Å². The first-order chi connectivity index (χ1) is 8.59. The predicted molar refractivity (Wildman–Crippen MR) is 74.4 cm³/mol. The first-order valence-electron chi connectivity index (χ1n) is 6.64. The van der Waals surface area contributed by atoms with E-state index in [4.69, 9.17) is 4.74 Å². The highest BCUT2D eigenvalue weighted by Crippen LogP contribution is 2.03. The van der Waals surface area contributed by atoms with E-state index in [0.29, 0.717) is 19.1 Å². The Morgan fingerprint density at radius 1 is 1.17 bits per heavy atom. The van der Waals surface area contributed by atoms with Crippen LogP contribution in [0.4, 0.5) is 0 Å². The minimum absolute atomic E-state index is 0.129. The fourth-order valence-electron chi connectivity index (χ4n) is 1.58. The molecule has 2 atom stereocenters. The number of aliphatic hydroxyl groups excluding tert-OH is 1. The van der Waals surface area contributed by atoms with E-state index >= 15 is 0 Å². The second-order valence-electron chi connectivity index (χ2n) is 5.12. The van der Waals surface area contributed by atoms with Gasteiger partial charge in [-0.3, -0.25) is 0 Å². The fraction of sp³-hybridized carbons (Fsp3) is 0.600. The third kappa shape index (κ3) is 6.15. The van der Waals surface area contributed by atoms with Gasteiger partial charge in [-0.25, -0.2) is 0 Å². The molecule has 0 radical (unpaired) electrons. The summed E-state index contributed by atoms with van der Waals surface area (Å²) >= 11 is 0. The lowest BCUT2D eigenvalue weighted by Gasteiger charge is -2.21. The monoisotopic (exact) mass is 251 g/mol. The first kappa shape index (κ1) is 15.2. The molecule has 0 aliphatic rings. The summed E-state index contributed by atoms with van der Waals surface area (Å²) in [6.45, 7) is 8.14. The van der Waals surface area contributed by atoms with Crippen molar-refractivity contribution in [3.63, 3.8) is 0 Å². The van der Waals surface area contributed by atoms with Gasteiger partial charge in [-0.1, -0.05) is 44.2 Å². The van der Waals surface area contributed by atoms with Gasteiger partial charge in [0.15, 0.2) is 0 Å². The standard InChI is InChI=1S/C15H25NO2/c1-12(2)11-18-13(3)15(17)10-16-9-14-7-5-4-6-8-14/h4-8,12-13,15-17H,9-11H2,1-3H3. The van der Waals surface area contributed by atoms with E-state index in [2.05, 4.69) is 31.3 Å². The molecule has 0 aliphatic heterocycles. The van der Waals surface area contributed by atoms with E-state index < -0.39 is 6.10 Å². The predicted octanol–water partition coefficient (Wildman–Crippen LogP) is 2.20. The molecule has 1 aromatic carbocycles. The minimum atomic E-state index is -0.465. The summed E-state index contributed by atoms with van der Waals surface area (Å²) in [6.07, 6.45) is -0.594. The van der Waals surface area contributed by atoms with Crippen LogP contribution >= 0.6 is 0 Å². The quantitative estimate of drug-likeness (QED) is 0.744. The highest BCUT2D eigenvalue weighted by atomic mass is 16.5. The molecule has 0 heterocycles. The van der Waals surface area contributed by atoms with Crippen LogP contribution in [0.25, 0.3) is 0 Å². The van der Waals surface area contributed by atoms with Crippen molar-refractivity contribution >= 4 is 0 Å². The highest BCUT2D eigenvalue weighted by molar-refractivity contribution is 5.14. The first-order valence-corrected chi connectivity index (χ1v) is 6.64. The van der Waals surface area contributed by atoms with Gasteiger partial charge in [-0.2, -0.15) is 0 Å². The molecule has 0 spiro atoms. The normalized spacial score (nSPS) is 14.7. The maximum Gasteiger partial charge on any atom is 0.0923 e. The average Bonchev–Trinajstić information content (AvgIpc) is 2.37. The Bertz CT molecular complexity index is 314. The number of hydrogen-bond acceptors (Lipinski definition) is 3. The van der Waals surface area contributed by atoms with Crippen LogP contribution in [-0.4, -0.2) is 30.5 Å². The third-order valence-corrected chi connectivity index (χ3v) is 2.76. The number of ether oxygens (including phenoxy) is 1. The Hall–Kier alpha value is -0.900. The molecular formula is C15H25NO2. The summed E-state index contributed by atoms with van der Waals surface area (Å²) in [5.74, 6) is 0.497. The molecule has 102 valence electrons. The van der Waals surface area contributed by atoms with Crippen molar-refractivity contribution in [1.29, 1.82) is 0 Å². The van der Waals surface area contributed by atoms with Gasteiger partial charge in [0, 0.05) is 19.7 Å². The largest absolute Gasteiger partial charge is 0.389 e. The lowest BCUT2D eigenvalue weighted by Crippen LogP contribution is -2.36. The lowest BCUT2D eigenvalue weighted by molar-refractivity contribution is -0.0347. The van der Waals surface area contributed by atoms with Crippen LogP contribution in [0.3, 0.4) is 0 Å². The van der Waals surface area contributed by atoms with Crippen LogP contribution in [-0.2, 0) is 11.3 Å². The second-order valence-corrected chi connectivity index (χ2v) is 5.12. The van der Waals surface area contributed by atoms with E-state index in [1.54, 1.807) is 0 Å². The van der Waals surface area contributed by atoms with Gasteiger partial charge in [0.1, 0.15) is 0 Å². The van der Waals surface area contributed by atoms with Gasteiger partial charge in [0.2, 0.25) is 0 Å². The molecule has 1 aromatic rings. The maximum absolute atomic E-state index is 9.92. The van der Waals surface area contributed by atoms with Gasteiger partial charge in [0.05, 0.1) is 12.2 Å². The van der Waals surface area contributed by atoms with Crippen LogP contribution in [0.1, 0.15) is 26.3 Å². The van der Waals surface area contributed by atoms with Gasteiger partial charge < -0.3 is 15.2 Å². The number of rotatable bonds is 8. The van der Waals surface area contributed by atoms with Crippen molar-refractivity contribution in [3.05, 3.63) is 35.9 Å². The molecule has 0 fully saturated rings. The SMILES string of the molecule is CC(C)COC(C)C(O)CNCc1ccccc1. The van der Waals surface area contributed by atoms with Crippen molar-refractivity contribution < 1.29 is 9.84 Å². The van der Waals surface area contributed by atoms with Crippen LogP contribution in [0.2, 0.25) is 0 Å². The summed E-state index contributed by atoms with van der Waals surface area (Å²) in [7, 11) is 0. The molecule has 0 aromatic heterocycles. The Morgan fingerprint density at radius 3 is 2.44 bits per heavy atom. The smallest absolute Gasteiger partial charge is 0.0923 e. The van der Waals surface area contributed by atoms with Crippen molar-refractivity contribution in [2.75, 3.05) is 13.2 Å². The third-order valence-electron chi connectivity index (χ3n) is 2.76. The average molecular weight is 251 g/mol. The zero-order chi connectivity index (χ0) is 13.4. The molecule has 3 nitrogen and oxygen atoms in total. The number of aliphatic hydroxyl groups is 1. The van der Waals surface area contributed by atoms with Crippen molar-refractivity contribution in [1.82, 2.24) is 5.32 Å². The number of hydrogen-bond donors (Lipinski definition) is 2. The zero-order valence-electron chi connectivity index (χ0n) is 11.6. The van der Waals surface area contributed by atoms with E-state index in [1.165, 1.54) is 5.56 Å². The molecular weight excluding hydrogens is 226 g/mol. The molecule has 0 saturated carbocycles. The number of benzene rings is 1. The molecule has 2 N–H and O–H groups in total. The van der Waals surface area contributed by atoms with E-state index in [1.807, 2.05) is 25.1 Å². The molecule has 0 amide bonds. The fourth-order valence-corrected chi connectivity index (χ4v) is 1.58. The number of nitrogens with one attached hydrogen (secondary N) is 1. The minimum Gasteiger partial charge on any atom is -0.389 e. The molecule has 1 rings (SSSR count). The molecule has 2 unspecified atom stereocenters. The Kier molecular flexibility index (Phi) is 6.94. The maximum atomic E-state index is 9.92. The molecule has 3 heteroatoms. The summed E-state index contributed by atoms with van der Waals surface area (Å²) in [5.41, 5.74) is 1.22. The molecule has 0 aliphatic carbocycles. The summed E-state index contributed by atoms with van der Waals surface area (Å²) in [4.78, 5) is 0. The zero-order valence-corrected chi connectivity index (χ0v) is 11.6. The van der Waals surface area contributed by atoms with Gasteiger partial charge in [-0.15, -0.1) is 0 Å².